The molecule has 148 valence electrons. The molecule has 0 saturated carbocycles. The number of hydrogen-bond donors (Lipinski definition) is 0. The zero-order valence-electron chi connectivity index (χ0n) is 16.2. The van der Waals surface area contributed by atoms with Crippen molar-refractivity contribution in [2.45, 2.75) is 25.5 Å². The first-order valence-corrected chi connectivity index (χ1v) is 10.4. The van der Waals surface area contributed by atoms with Gasteiger partial charge in [-0.1, -0.05) is 64.5 Å². The number of halogens is 1. The van der Waals surface area contributed by atoms with Crippen LogP contribution in [0.5, 0.6) is 5.75 Å². The van der Waals surface area contributed by atoms with Gasteiger partial charge in [0.05, 0.1) is 18.8 Å². The van der Waals surface area contributed by atoms with Crippen LogP contribution in [0.25, 0.3) is 0 Å². The van der Waals surface area contributed by atoms with Crippen molar-refractivity contribution in [3.63, 3.8) is 0 Å². The average molecular weight is 452 g/mol. The summed E-state index contributed by atoms with van der Waals surface area (Å²) in [7, 11) is 1.65. The van der Waals surface area contributed by atoms with Gasteiger partial charge in [-0.2, -0.15) is 0 Å². The Labute approximate surface area is 179 Å². The lowest BCUT2D eigenvalue weighted by molar-refractivity contribution is 0.143. The highest BCUT2D eigenvalue weighted by atomic mass is 79.9. The van der Waals surface area contributed by atoms with E-state index in [0.29, 0.717) is 0 Å². The number of carbonyl (C=O) groups excluding carboxylic acids is 1. The number of hydrogen-bond acceptors (Lipinski definition) is 3. The van der Waals surface area contributed by atoms with Crippen molar-refractivity contribution in [2.24, 2.45) is 0 Å². The summed E-state index contributed by atoms with van der Waals surface area (Å²) in [5.74, 6) is 0.797. The Morgan fingerprint density at radius 1 is 1.03 bits per heavy atom. The number of fused-ring (bicyclic) bond motifs is 1. The molecule has 0 saturated heterocycles. The van der Waals surface area contributed by atoms with Gasteiger partial charge in [-0.05, 0) is 53.8 Å². The van der Waals surface area contributed by atoms with Gasteiger partial charge < -0.3 is 9.47 Å². The van der Waals surface area contributed by atoms with Crippen LogP contribution in [0, 0.1) is 0 Å². The van der Waals surface area contributed by atoms with E-state index < -0.39 is 0 Å². The normalized spacial score (nSPS) is 15.5. The van der Waals surface area contributed by atoms with Gasteiger partial charge >= 0.3 is 6.09 Å². The number of nitrogens with zero attached hydrogens (tertiary/aromatic N) is 1. The maximum Gasteiger partial charge on any atom is 0.415 e. The summed E-state index contributed by atoms with van der Waals surface area (Å²) in [5, 5.41) is 0. The molecule has 1 atom stereocenters. The zero-order chi connectivity index (χ0) is 20.2. The van der Waals surface area contributed by atoms with Gasteiger partial charge in [-0.25, -0.2) is 4.79 Å². The fourth-order valence-electron chi connectivity index (χ4n) is 3.75. The fraction of sp³-hybridized carbons (Fsp3) is 0.208. The van der Waals surface area contributed by atoms with Crippen LogP contribution >= 0.6 is 15.9 Å². The summed E-state index contributed by atoms with van der Waals surface area (Å²) >= 11 is 3.63. The summed E-state index contributed by atoms with van der Waals surface area (Å²) in [6, 6.07) is 23.5. The van der Waals surface area contributed by atoms with Crippen molar-refractivity contribution in [1.29, 1.82) is 0 Å². The Hall–Kier alpha value is -2.79. The van der Waals surface area contributed by atoms with Crippen LogP contribution in [0.15, 0.2) is 77.3 Å². The largest absolute Gasteiger partial charge is 0.497 e. The highest BCUT2D eigenvalue weighted by Gasteiger charge is 2.34. The number of methoxy groups -OCH3 is 1. The van der Waals surface area contributed by atoms with Crippen LogP contribution in [0.3, 0.4) is 0 Å². The van der Waals surface area contributed by atoms with E-state index in [4.69, 9.17) is 9.47 Å². The molecule has 0 N–H and O–H groups in total. The Balaban J connectivity index is 1.65. The van der Waals surface area contributed by atoms with Crippen molar-refractivity contribution in [2.75, 3.05) is 12.0 Å². The monoisotopic (exact) mass is 451 g/mol. The lowest BCUT2D eigenvalue weighted by Gasteiger charge is -2.37. The lowest BCUT2D eigenvalue weighted by Crippen LogP contribution is -2.38. The van der Waals surface area contributed by atoms with E-state index in [2.05, 4.69) is 15.9 Å². The van der Waals surface area contributed by atoms with Gasteiger partial charge in [-0.15, -0.1) is 0 Å². The number of carbonyl (C=O) groups is 1. The van der Waals surface area contributed by atoms with Crippen molar-refractivity contribution >= 4 is 27.7 Å². The Kier molecular flexibility index (Phi) is 5.86. The molecular weight excluding hydrogens is 430 g/mol. The first-order valence-electron chi connectivity index (χ1n) is 9.58. The van der Waals surface area contributed by atoms with E-state index in [0.717, 1.165) is 45.4 Å². The van der Waals surface area contributed by atoms with Crippen LogP contribution in [0.2, 0.25) is 0 Å². The minimum atomic E-state index is -0.339. The van der Waals surface area contributed by atoms with Gasteiger partial charge in [-0.3, -0.25) is 4.90 Å². The van der Waals surface area contributed by atoms with Crippen molar-refractivity contribution in [3.8, 4) is 5.75 Å². The van der Waals surface area contributed by atoms with Gasteiger partial charge in [0.1, 0.15) is 12.4 Å². The maximum atomic E-state index is 13.2. The summed E-state index contributed by atoms with van der Waals surface area (Å²) in [5.41, 5.74) is 4.06. The molecule has 0 aromatic heterocycles. The van der Waals surface area contributed by atoms with Crippen LogP contribution in [0.4, 0.5) is 10.5 Å². The molecule has 1 amide bonds. The number of amides is 1. The minimum Gasteiger partial charge on any atom is -0.497 e. The van der Waals surface area contributed by atoms with Crippen LogP contribution in [-0.4, -0.2) is 13.2 Å². The molecule has 3 aromatic rings. The molecular formula is C24H22BrNO3. The third-order valence-electron chi connectivity index (χ3n) is 5.24. The van der Waals surface area contributed by atoms with E-state index in [9.17, 15) is 4.79 Å². The molecule has 0 bridgehead atoms. The van der Waals surface area contributed by atoms with E-state index in [1.165, 1.54) is 0 Å². The second-order valence-electron chi connectivity index (χ2n) is 6.98. The van der Waals surface area contributed by atoms with Gasteiger partial charge in [0.2, 0.25) is 0 Å². The molecule has 4 rings (SSSR count). The second kappa shape index (κ2) is 8.70. The van der Waals surface area contributed by atoms with Gasteiger partial charge in [0.25, 0.3) is 0 Å². The summed E-state index contributed by atoms with van der Waals surface area (Å²) in [4.78, 5) is 15.0. The summed E-state index contributed by atoms with van der Waals surface area (Å²) in [6.45, 7) is 0.245. The second-order valence-corrected chi connectivity index (χ2v) is 7.83. The predicted octanol–water partition coefficient (Wildman–Crippen LogP) is 6.29. The first kappa shape index (κ1) is 19.5. The quantitative estimate of drug-likeness (QED) is 0.467. The van der Waals surface area contributed by atoms with Crippen molar-refractivity contribution in [1.82, 2.24) is 0 Å². The Morgan fingerprint density at radius 2 is 1.79 bits per heavy atom. The van der Waals surface area contributed by atoms with Gasteiger partial charge in [0, 0.05) is 4.47 Å². The molecule has 1 unspecified atom stereocenters. The number of benzene rings is 3. The van der Waals surface area contributed by atoms with E-state index in [-0.39, 0.29) is 18.7 Å². The maximum absolute atomic E-state index is 13.2. The summed E-state index contributed by atoms with van der Waals surface area (Å²) in [6.07, 6.45) is 1.37. The molecule has 4 nitrogen and oxygen atoms in total. The topological polar surface area (TPSA) is 38.8 Å². The van der Waals surface area contributed by atoms with E-state index >= 15 is 0 Å². The average Bonchev–Trinajstić information content (AvgIpc) is 2.78. The van der Waals surface area contributed by atoms with E-state index in [1.807, 2.05) is 72.8 Å². The number of rotatable bonds is 4. The predicted molar refractivity (Wildman–Crippen MR) is 117 cm³/mol. The number of ether oxygens (including phenoxy) is 2. The van der Waals surface area contributed by atoms with Crippen molar-refractivity contribution in [3.05, 3.63) is 94.0 Å². The number of anilines is 1. The van der Waals surface area contributed by atoms with Crippen molar-refractivity contribution < 1.29 is 14.3 Å². The SMILES string of the molecule is COc1ccc(C2CCc3c(Br)cccc3N2C(=O)OCc2ccccc2)cc1. The molecule has 5 heteroatoms. The minimum absolute atomic E-state index is 0.0917. The zero-order valence-corrected chi connectivity index (χ0v) is 17.8. The van der Waals surface area contributed by atoms with Crippen LogP contribution < -0.4 is 9.64 Å². The third-order valence-corrected chi connectivity index (χ3v) is 5.98. The fourth-order valence-corrected chi connectivity index (χ4v) is 4.31. The Bertz CT molecular complexity index is 989. The molecule has 3 aromatic carbocycles. The van der Waals surface area contributed by atoms with Crippen LogP contribution in [-0.2, 0) is 17.8 Å². The highest BCUT2D eigenvalue weighted by Crippen LogP contribution is 2.42. The molecule has 1 aliphatic rings. The lowest BCUT2D eigenvalue weighted by atomic mass is 9.91. The standard InChI is InChI=1S/C24H22BrNO3/c1-28-19-12-10-18(11-13-19)22-15-14-20-21(25)8-5-9-23(20)26(22)24(27)29-16-17-6-3-2-4-7-17/h2-13,22H,14-16H2,1H3. The summed E-state index contributed by atoms with van der Waals surface area (Å²) < 4.78 is 12.0. The van der Waals surface area contributed by atoms with Gasteiger partial charge in [0.15, 0.2) is 0 Å². The molecule has 1 heterocycles. The van der Waals surface area contributed by atoms with Crippen LogP contribution in [0.1, 0.15) is 29.2 Å². The third kappa shape index (κ3) is 4.15. The molecule has 0 spiro atoms. The smallest absolute Gasteiger partial charge is 0.415 e. The Morgan fingerprint density at radius 3 is 2.52 bits per heavy atom. The van der Waals surface area contributed by atoms with E-state index in [1.54, 1.807) is 12.0 Å². The molecule has 29 heavy (non-hydrogen) atoms. The molecule has 0 aliphatic carbocycles. The molecule has 0 radical (unpaired) electrons. The first-order chi connectivity index (χ1) is 14.2. The molecule has 1 aliphatic heterocycles. The molecule has 0 fully saturated rings. The highest BCUT2D eigenvalue weighted by molar-refractivity contribution is 9.10.